The third kappa shape index (κ3) is 3.04. The summed E-state index contributed by atoms with van der Waals surface area (Å²) in [5, 5.41) is 0. The van der Waals surface area contributed by atoms with Crippen LogP contribution in [0.1, 0.15) is 24.5 Å². The molecule has 0 amide bonds. The molecule has 1 unspecified atom stereocenters. The summed E-state index contributed by atoms with van der Waals surface area (Å²) in [4.78, 5) is 0. The van der Waals surface area contributed by atoms with Crippen molar-refractivity contribution >= 4 is 6.08 Å². The zero-order valence-electron chi connectivity index (χ0n) is 12.8. The van der Waals surface area contributed by atoms with Gasteiger partial charge in [0.25, 0.3) is 0 Å². The van der Waals surface area contributed by atoms with Crippen LogP contribution in [-0.4, -0.2) is 4.57 Å². The number of benzene rings is 1. The third-order valence-electron chi connectivity index (χ3n) is 4.39. The van der Waals surface area contributed by atoms with E-state index in [1.54, 1.807) is 3.88 Å². The number of hydrogen-bond donors (Lipinski definition) is 0. The molecule has 1 aromatic heterocycles. The molecule has 4 rings (SSSR count). The minimum atomic E-state index is -0.322. The van der Waals surface area contributed by atoms with E-state index in [0.29, 0.717) is 0 Å². The SMILES string of the molecule is CC1=[C]([Ti+2][C]2(n3cccc3)C=Cc3ccccc32)CC=C1.[Cl-].[Cl-]. The first-order chi connectivity index (χ1) is 10.3. The molecule has 2 aromatic rings. The van der Waals surface area contributed by atoms with E-state index in [4.69, 9.17) is 0 Å². The van der Waals surface area contributed by atoms with E-state index in [9.17, 15) is 0 Å². The molecule has 0 bridgehead atoms. The van der Waals surface area contributed by atoms with Crippen LogP contribution >= 0.6 is 0 Å². The summed E-state index contributed by atoms with van der Waals surface area (Å²) >= 11 is -0.322. The van der Waals surface area contributed by atoms with E-state index in [-0.39, 0.29) is 47.8 Å². The van der Waals surface area contributed by atoms with Crippen LogP contribution in [0, 0.1) is 0 Å². The van der Waals surface area contributed by atoms with Crippen molar-refractivity contribution in [3.8, 4) is 0 Å². The smallest absolute Gasteiger partial charge is 1.00 e. The van der Waals surface area contributed by atoms with Crippen molar-refractivity contribution < 1.29 is 44.0 Å². The van der Waals surface area contributed by atoms with Gasteiger partial charge < -0.3 is 24.8 Å². The Morgan fingerprint density at radius 3 is 2.43 bits per heavy atom. The third-order valence-corrected chi connectivity index (χ3v) is 7.48. The van der Waals surface area contributed by atoms with Crippen LogP contribution in [0.15, 0.2) is 76.5 Å². The Hall–Kier alpha value is -0.986. The molecule has 0 saturated heterocycles. The van der Waals surface area contributed by atoms with Crippen LogP contribution in [-0.2, 0) is 23.0 Å². The number of aromatic nitrogens is 1. The van der Waals surface area contributed by atoms with Gasteiger partial charge in [0.2, 0.25) is 0 Å². The van der Waals surface area contributed by atoms with E-state index in [1.165, 1.54) is 16.7 Å². The average Bonchev–Trinajstić information content (AvgIpc) is 3.22. The van der Waals surface area contributed by atoms with Crippen molar-refractivity contribution in [1.82, 2.24) is 4.57 Å². The second-order valence-corrected chi connectivity index (χ2v) is 8.19. The maximum absolute atomic E-state index is 2.43. The molecule has 1 nitrogen and oxygen atoms in total. The van der Waals surface area contributed by atoms with Crippen LogP contribution in [0.5, 0.6) is 0 Å². The molecule has 116 valence electrons. The Morgan fingerprint density at radius 2 is 1.74 bits per heavy atom. The molecule has 1 aromatic carbocycles. The Bertz CT molecular complexity index is 774. The van der Waals surface area contributed by atoms with Crippen LogP contribution < -0.4 is 24.8 Å². The number of halogens is 2. The van der Waals surface area contributed by atoms with E-state index < -0.39 is 0 Å². The normalized spacial score (nSPS) is 20.7. The van der Waals surface area contributed by atoms with Gasteiger partial charge in [-0.2, -0.15) is 0 Å². The van der Waals surface area contributed by atoms with Gasteiger partial charge in [0, 0.05) is 0 Å². The number of rotatable bonds is 3. The minimum Gasteiger partial charge on any atom is -1.00 e. The summed E-state index contributed by atoms with van der Waals surface area (Å²) in [6.45, 7) is 2.26. The molecule has 2 aliphatic rings. The van der Waals surface area contributed by atoms with Gasteiger partial charge in [-0.05, 0) is 0 Å². The Balaban J connectivity index is 0.000000960. The summed E-state index contributed by atoms with van der Waals surface area (Å²) in [5.74, 6) is 0. The molecule has 0 aliphatic heterocycles. The summed E-state index contributed by atoms with van der Waals surface area (Å²) in [6.07, 6.45) is 14.9. The molecule has 0 fully saturated rings. The minimum absolute atomic E-state index is 0. The second-order valence-electron chi connectivity index (χ2n) is 5.67. The molecular formula is C19H17Cl2NTi. The van der Waals surface area contributed by atoms with Crippen LogP contribution in [0.3, 0.4) is 0 Å². The zero-order chi connectivity index (χ0) is 14.3. The van der Waals surface area contributed by atoms with Gasteiger partial charge in [-0.3, -0.25) is 0 Å². The van der Waals surface area contributed by atoms with Crippen LogP contribution in [0.2, 0.25) is 0 Å². The topological polar surface area (TPSA) is 4.93 Å². The van der Waals surface area contributed by atoms with Crippen LogP contribution in [0.25, 0.3) is 6.08 Å². The Kier molecular flexibility index (Phi) is 5.81. The number of allylic oxidation sites excluding steroid dienone is 5. The van der Waals surface area contributed by atoms with E-state index >= 15 is 0 Å². The summed E-state index contributed by atoms with van der Waals surface area (Å²) in [6, 6.07) is 13.1. The van der Waals surface area contributed by atoms with E-state index in [0.717, 1.165) is 6.42 Å². The molecular weight excluding hydrogens is 361 g/mol. The predicted octanol–water partition coefficient (Wildman–Crippen LogP) is -1.46. The fraction of sp³-hybridized carbons (Fsp3) is 0.158. The fourth-order valence-electron chi connectivity index (χ4n) is 3.25. The molecule has 0 spiro atoms. The van der Waals surface area contributed by atoms with Gasteiger partial charge in [0.1, 0.15) is 0 Å². The van der Waals surface area contributed by atoms with Crippen molar-refractivity contribution in [2.24, 2.45) is 0 Å². The van der Waals surface area contributed by atoms with Crippen molar-refractivity contribution in [2.75, 3.05) is 0 Å². The first-order valence-electron chi connectivity index (χ1n) is 7.36. The monoisotopic (exact) mass is 377 g/mol. The van der Waals surface area contributed by atoms with Crippen molar-refractivity contribution in [1.29, 1.82) is 0 Å². The average molecular weight is 378 g/mol. The summed E-state index contributed by atoms with van der Waals surface area (Å²) in [7, 11) is 0. The maximum Gasteiger partial charge on any atom is -1.00 e. The molecule has 0 saturated carbocycles. The second kappa shape index (κ2) is 7.28. The van der Waals surface area contributed by atoms with Gasteiger partial charge >= 0.3 is 135 Å². The molecule has 4 heteroatoms. The number of fused-ring (bicyclic) bond motifs is 1. The fourth-order valence-corrected chi connectivity index (χ4v) is 6.01. The quantitative estimate of drug-likeness (QED) is 0.576. The summed E-state index contributed by atoms with van der Waals surface area (Å²) < 4.78 is 4.14. The molecule has 0 N–H and O–H groups in total. The standard InChI is InChI=1S/C13H10N.C6H7.2ClH.Ti/c1-2-6-12-11(5-1)7-8-13(12)14-9-3-4-10-14;1-6-4-2-3-5-6;;;/h1-10H;2,4H,3H2,1H3;2*1H;/q;;;;+2/p-2. The number of nitrogens with zero attached hydrogens (tertiary/aromatic N) is 1. The van der Waals surface area contributed by atoms with Gasteiger partial charge in [0.15, 0.2) is 0 Å². The summed E-state index contributed by atoms with van der Waals surface area (Å²) in [5.41, 5.74) is 4.33. The van der Waals surface area contributed by atoms with Crippen molar-refractivity contribution in [3.05, 3.63) is 87.6 Å². The van der Waals surface area contributed by atoms with Crippen molar-refractivity contribution in [2.45, 2.75) is 17.2 Å². The maximum atomic E-state index is 2.43. The van der Waals surface area contributed by atoms with Gasteiger partial charge in [-0.1, -0.05) is 0 Å². The molecule has 1 heterocycles. The van der Waals surface area contributed by atoms with Gasteiger partial charge in [0.05, 0.1) is 0 Å². The van der Waals surface area contributed by atoms with E-state index in [2.05, 4.69) is 84.6 Å². The molecule has 23 heavy (non-hydrogen) atoms. The zero-order valence-corrected chi connectivity index (χ0v) is 15.9. The van der Waals surface area contributed by atoms with Crippen molar-refractivity contribution in [3.63, 3.8) is 0 Å². The first-order valence-corrected chi connectivity index (χ1v) is 8.92. The molecule has 0 radical (unpaired) electrons. The van der Waals surface area contributed by atoms with Gasteiger partial charge in [-0.15, -0.1) is 0 Å². The first kappa shape index (κ1) is 18.4. The number of hydrogen-bond acceptors (Lipinski definition) is 0. The van der Waals surface area contributed by atoms with Gasteiger partial charge in [-0.25, -0.2) is 0 Å². The molecule has 2 aliphatic carbocycles. The largest absolute Gasteiger partial charge is 1.00 e. The Labute approximate surface area is 158 Å². The van der Waals surface area contributed by atoms with E-state index in [1.807, 2.05) is 0 Å². The van der Waals surface area contributed by atoms with Crippen LogP contribution in [0.4, 0.5) is 0 Å². The predicted molar refractivity (Wildman–Crippen MR) is 83.4 cm³/mol. The molecule has 1 atom stereocenters. The Morgan fingerprint density at radius 1 is 1.00 bits per heavy atom.